The molecule has 9 heteroatoms. The van der Waals surface area contributed by atoms with Crippen LogP contribution in [0.2, 0.25) is 0 Å². The molecule has 2 amide bonds. The summed E-state index contributed by atoms with van der Waals surface area (Å²) in [6.07, 6.45) is -4.47. The maximum atomic E-state index is 12.4. The fraction of sp³-hybridized carbons (Fsp3) is 0.214. The number of aryl methyl sites for hydroxylation is 1. The molecule has 0 aliphatic carbocycles. The third-order valence-corrected chi connectivity index (χ3v) is 2.78. The number of carbonyl (C=O) groups is 2. The Hall–Kier alpha value is -2.84. The van der Waals surface area contributed by atoms with Crippen LogP contribution >= 0.6 is 0 Å². The van der Waals surface area contributed by atoms with Gasteiger partial charge in [0.25, 0.3) is 5.91 Å². The Morgan fingerprint density at radius 3 is 2.39 bits per heavy atom. The van der Waals surface area contributed by atoms with Crippen molar-refractivity contribution < 1.29 is 27.3 Å². The van der Waals surface area contributed by atoms with E-state index in [0.717, 1.165) is 24.3 Å². The van der Waals surface area contributed by atoms with Crippen LogP contribution in [0, 0.1) is 6.92 Å². The fourth-order valence-corrected chi connectivity index (χ4v) is 1.69. The van der Waals surface area contributed by atoms with Gasteiger partial charge in [-0.2, -0.15) is 13.2 Å². The Balaban J connectivity index is 1.88. The lowest BCUT2D eigenvalue weighted by atomic mass is 10.1. The van der Waals surface area contributed by atoms with Crippen molar-refractivity contribution >= 4 is 17.6 Å². The standard InChI is InChI=1S/C14H12F3N3O3/c1-8-6-11(20-23-8)19-12(21)7-18-13(22)9-2-4-10(5-3-9)14(15,16)17/h2-6H,7H2,1H3,(H,18,22)(H,19,20,21). The first-order chi connectivity index (χ1) is 10.8. The van der Waals surface area contributed by atoms with Crippen LogP contribution in [0.15, 0.2) is 34.9 Å². The highest BCUT2D eigenvalue weighted by Gasteiger charge is 2.30. The number of anilines is 1. The number of amides is 2. The zero-order valence-electron chi connectivity index (χ0n) is 11.9. The van der Waals surface area contributed by atoms with Crippen LogP contribution in [-0.4, -0.2) is 23.5 Å². The molecule has 0 unspecified atom stereocenters. The highest BCUT2D eigenvalue weighted by Crippen LogP contribution is 2.29. The molecule has 122 valence electrons. The Labute approximate surface area is 128 Å². The lowest BCUT2D eigenvalue weighted by Gasteiger charge is -2.08. The van der Waals surface area contributed by atoms with Crippen LogP contribution in [-0.2, 0) is 11.0 Å². The molecule has 23 heavy (non-hydrogen) atoms. The normalized spacial score (nSPS) is 11.1. The molecule has 0 saturated carbocycles. The second kappa shape index (κ2) is 6.51. The maximum Gasteiger partial charge on any atom is 0.416 e. The van der Waals surface area contributed by atoms with Gasteiger partial charge in [0.05, 0.1) is 12.1 Å². The molecule has 1 aromatic carbocycles. The Morgan fingerprint density at radius 2 is 1.87 bits per heavy atom. The van der Waals surface area contributed by atoms with Gasteiger partial charge in [0.15, 0.2) is 5.82 Å². The molecule has 6 nitrogen and oxygen atoms in total. The summed E-state index contributed by atoms with van der Waals surface area (Å²) in [5.74, 6) is -0.492. The number of benzene rings is 1. The lowest BCUT2D eigenvalue weighted by Crippen LogP contribution is -2.32. The molecule has 0 radical (unpaired) electrons. The van der Waals surface area contributed by atoms with Gasteiger partial charge in [-0.15, -0.1) is 0 Å². The summed E-state index contributed by atoms with van der Waals surface area (Å²) in [6, 6.07) is 5.17. The van der Waals surface area contributed by atoms with Gasteiger partial charge in [-0.3, -0.25) is 9.59 Å². The quantitative estimate of drug-likeness (QED) is 0.903. The summed E-state index contributed by atoms with van der Waals surface area (Å²) in [5.41, 5.74) is -0.837. The van der Waals surface area contributed by atoms with Crippen LogP contribution in [0.3, 0.4) is 0 Å². The van der Waals surface area contributed by atoms with Gasteiger partial charge in [-0.1, -0.05) is 5.16 Å². The van der Waals surface area contributed by atoms with Crippen molar-refractivity contribution in [3.8, 4) is 0 Å². The molecule has 0 saturated heterocycles. The summed E-state index contributed by atoms with van der Waals surface area (Å²) in [5, 5.41) is 8.23. The van der Waals surface area contributed by atoms with E-state index in [0.29, 0.717) is 5.76 Å². The van der Waals surface area contributed by atoms with E-state index >= 15 is 0 Å². The highest BCUT2D eigenvalue weighted by atomic mass is 19.4. The van der Waals surface area contributed by atoms with Gasteiger partial charge in [0, 0.05) is 11.6 Å². The Bertz CT molecular complexity index is 708. The van der Waals surface area contributed by atoms with Crippen molar-refractivity contribution in [3.05, 3.63) is 47.2 Å². The number of nitrogens with zero attached hydrogens (tertiary/aromatic N) is 1. The average molecular weight is 327 g/mol. The van der Waals surface area contributed by atoms with E-state index in [1.165, 1.54) is 6.07 Å². The zero-order valence-corrected chi connectivity index (χ0v) is 11.9. The summed E-state index contributed by atoms with van der Waals surface area (Å²) >= 11 is 0. The molecule has 2 N–H and O–H groups in total. The summed E-state index contributed by atoms with van der Waals surface area (Å²) < 4.78 is 42.0. The third-order valence-electron chi connectivity index (χ3n) is 2.78. The maximum absolute atomic E-state index is 12.4. The number of hydrogen-bond donors (Lipinski definition) is 2. The molecular formula is C14H12F3N3O3. The van der Waals surface area contributed by atoms with E-state index in [-0.39, 0.29) is 17.9 Å². The van der Waals surface area contributed by atoms with Crippen molar-refractivity contribution in [3.63, 3.8) is 0 Å². The van der Waals surface area contributed by atoms with Crippen LogP contribution in [0.25, 0.3) is 0 Å². The molecular weight excluding hydrogens is 315 g/mol. The first-order valence-electron chi connectivity index (χ1n) is 6.44. The van der Waals surface area contributed by atoms with Crippen LogP contribution < -0.4 is 10.6 Å². The Kier molecular flexibility index (Phi) is 4.68. The SMILES string of the molecule is Cc1cc(NC(=O)CNC(=O)c2ccc(C(F)(F)F)cc2)no1. The predicted molar refractivity (Wildman–Crippen MR) is 73.6 cm³/mol. The first-order valence-corrected chi connectivity index (χ1v) is 6.44. The fourth-order valence-electron chi connectivity index (χ4n) is 1.69. The van der Waals surface area contributed by atoms with E-state index in [4.69, 9.17) is 4.52 Å². The molecule has 0 atom stereocenters. The van der Waals surface area contributed by atoms with Gasteiger partial charge < -0.3 is 15.2 Å². The van der Waals surface area contributed by atoms with Gasteiger partial charge >= 0.3 is 6.18 Å². The number of halogens is 3. The number of carbonyl (C=O) groups excluding carboxylic acids is 2. The van der Waals surface area contributed by atoms with Gasteiger partial charge in [0.1, 0.15) is 5.76 Å². The van der Waals surface area contributed by atoms with Crippen LogP contribution in [0.5, 0.6) is 0 Å². The van der Waals surface area contributed by atoms with E-state index in [9.17, 15) is 22.8 Å². The van der Waals surface area contributed by atoms with Crippen molar-refractivity contribution in [1.82, 2.24) is 10.5 Å². The largest absolute Gasteiger partial charge is 0.416 e. The minimum atomic E-state index is -4.47. The van der Waals surface area contributed by atoms with Crippen LogP contribution in [0.4, 0.5) is 19.0 Å². The minimum Gasteiger partial charge on any atom is -0.360 e. The van der Waals surface area contributed by atoms with E-state index < -0.39 is 23.6 Å². The van der Waals surface area contributed by atoms with Crippen LogP contribution in [0.1, 0.15) is 21.7 Å². The van der Waals surface area contributed by atoms with Gasteiger partial charge in [0.2, 0.25) is 5.91 Å². The first kappa shape index (κ1) is 16.5. The number of rotatable bonds is 4. The third kappa shape index (κ3) is 4.56. The Morgan fingerprint density at radius 1 is 1.22 bits per heavy atom. The molecule has 2 aromatic rings. The van der Waals surface area contributed by atoms with Gasteiger partial charge in [-0.05, 0) is 31.2 Å². The average Bonchev–Trinajstić information content (AvgIpc) is 2.89. The number of hydrogen-bond acceptors (Lipinski definition) is 4. The summed E-state index contributed by atoms with van der Waals surface area (Å²) in [6.45, 7) is 1.29. The zero-order chi connectivity index (χ0) is 17.0. The topological polar surface area (TPSA) is 84.2 Å². The van der Waals surface area contributed by atoms with Crippen molar-refractivity contribution in [1.29, 1.82) is 0 Å². The second-order valence-corrected chi connectivity index (χ2v) is 4.63. The molecule has 0 spiro atoms. The smallest absolute Gasteiger partial charge is 0.360 e. The van der Waals surface area contributed by atoms with Crippen molar-refractivity contribution in [2.45, 2.75) is 13.1 Å². The number of nitrogens with one attached hydrogen (secondary N) is 2. The van der Waals surface area contributed by atoms with E-state index in [1.54, 1.807) is 6.92 Å². The summed E-state index contributed by atoms with van der Waals surface area (Å²) in [4.78, 5) is 23.3. The lowest BCUT2D eigenvalue weighted by molar-refractivity contribution is -0.137. The predicted octanol–water partition coefficient (Wildman–Crippen LogP) is 2.37. The van der Waals surface area contributed by atoms with E-state index in [1.807, 2.05) is 0 Å². The molecule has 1 heterocycles. The monoisotopic (exact) mass is 327 g/mol. The highest BCUT2D eigenvalue weighted by molar-refractivity contribution is 5.99. The van der Waals surface area contributed by atoms with Crippen molar-refractivity contribution in [2.75, 3.05) is 11.9 Å². The number of aromatic nitrogens is 1. The number of alkyl halides is 3. The summed E-state index contributed by atoms with van der Waals surface area (Å²) in [7, 11) is 0. The molecule has 1 aromatic heterocycles. The molecule has 2 rings (SSSR count). The van der Waals surface area contributed by atoms with E-state index in [2.05, 4.69) is 15.8 Å². The molecule has 0 aliphatic rings. The van der Waals surface area contributed by atoms with Gasteiger partial charge in [-0.25, -0.2) is 0 Å². The molecule has 0 fully saturated rings. The second-order valence-electron chi connectivity index (χ2n) is 4.63. The molecule has 0 bridgehead atoms. The minimum absolute atomic E-state index is 0.0167. The van der Waals surface area contributed by atoms with Crippen molar-refractivity contribution in [2.24, 2.45) is 0 Å². The molecule has 0 aliphatic heterocycles.